The van der Waals surface area contributed by atoms with Crippen LogP contribution in [-0.2, 0) is 10.0 Å². The molecule has 114 valence electrons. The fourth-order valence-electron chi connectivity index (χ4n) is 3.13. The summed E-state index contributed by atoms with van der Waals surface area (Å²) in [7, 11) is -3.52. The van der Waals surface area contributed by atoms with E-state index in [1.807, 2.05) is 6.07 Å². The molecule has 5 heteroatoms. The second-order valence-corrected chi connectivity index (χ2v) is 7.46. The second kappa shape index (κ2) is 6.59. The van der Waals surface area contributed by atoms with Gasteiger partial charge in [0.2, 0.25) is 10.0 Å². The van der Waals surface area contributed by atoms with Gasteiger partial charge in [-0.1, -0.05) is 26.2 Å². The third kappa shape index (κ3) is 3.63. The zero-order chi connectivity index (χ0) is 15.5. The average molecular weight is 306 g/mol. The number of sulfonamides is 1. The van der Waals surface area contributed by atoms with Crippen LogP contribution in [0, 0.1) is 24.2 Å². The van der Waals surface area contributed by atoms with Crippen LogP contribution in [0.3, 0.4) is 0 Å². The van der Waals surface area contributed by atoms with Crippen molar-refractivity contribution in [3.63, 3.8) is 0 Å². The number of rotatable bonds is 4. The van der Waals surface area contributed by atoms with E-state index in [2.05, 4.69) is 11.6 Å². The summed E-state index contributed by atoms with van der Waals surface area (Å²) < 4.78 is 28.1. The largest absolute Gasteiger partial charge is 0.241 e. The first-order valence-corrected chi connectivity index (χ1v) is 8.99. The van der Waals surface area contributed by atoms with E-state index in [1.54, 1.807) is 19.1 Å². The smallest absolute Gasteiger partial charge is 0.208 e. The van der Waals surface area contributed by atoms with Crippen molar-refractivity contribution in [3.8, 4) is 6.07 Å². The van der Waals surface area contributed by atoms with Gasteiger partial charge in [0.25, 0.3) is 0 Å². The van der Waals surface area contributed by atoms with Gasteiger partial charge < -0.3 is 0 Å². The van der Waals surface area contributed by atoms with Crippen LogP contribution in [0.15, 0.2) is 23.1 Å². The van der Waals surface area contributed by atoms with Gasteiger partial charge in [0.15, 0.2) is 0 Å². The SMILES string of the molecule is CCC1CCCCC1NS(=O)(=O)c1ccc(C#N)cc1C. The molecule has 1 fully saturated rings. The van der Waals surface area contributed by atoms with E-state index in [9.17, 15) is 8.42 Å². The molecule has 4 nitrogen and oxygen atoms in total. The monoisotopic (exact) mass is 306 g/mol. The minimum absolute atomic E-state index is 0.0313. The minimum Gasteiger partial charge on any atom is -0.208 e. The molecule has 0 saturated heterocycles. The van der Waals surface area contributed by atoms with Gasteiger partial charge in [-0.25, -0.2) is 13.1 Å². The van der Waals surface area contributed by atoms with Gasteiger partial charge in [-0.3, -0.25) is 0 Å². The molecule has 0 radical (unpaired) electrons. The van der Waals surface area contributed by atoms with E-state index in [0.717, 1.165) is 25.7 Å². The van der Waals surface area contributed by atoms with Gasteiger partial charge in [0.1, 0.15) is 0 Å². The Kier molecular flexibility index (Phi) is 5.02. The molecule has 0 spiro atoms. The first kappa shape index (κ1) is 16.0. The van der Waals surface area contributed by atoms with Crippen molar-refractivity contribution in [2.75, 3.05) is 0 Å². The fraction of sp³-hybridized carbons (Fsp3) is 0.562. The number of aryl methyl sites for hydroxylation is 1. The first-order valence-electron chi connectivity index (χ1n) is 7.51. The Morgan fingerprint density at radius 1 is 1.33 bits per heavy atom. The average Bonchev–Trinajstić information content (AvgIpc) is 2.47. The third-order valence-corrected chi connectivity index (χ3v) is 5.98. The highest BCUT2D eigenvalue weighted by Gasteiger charge is 2.29. The van der Waals surface area contributed by atoms with E-state index < -0.39 is 10.0 Å². The van der Waals surface area contributed by atoms with Crippen LogP contribution in [0.2, 0.25) is 0 Å². The van der Waals surface area contributed by atoms with Crippen LogP contribution in [0.1, 0.15) is 50.2 Å². The number of nitrogens with one attached hydrogen (secondary N) is 1. The summed E-state index contributed by atoms with van der Waals surface area (Å²) in [5.41, 5.74) is 1.10. The predicted octanol–water partition coefficient (Wildman–Crippen LogP) is 3.11. The van der Waals surface area contributed by atoms with E-state index in [4.69, 9.17) is 5.26 Å². The Balaban J connectivity index is 2.24. The summed E-state index contributed by atoms with van der Waals surface area (Å²) >= 11 is 0. The molecule has 2 rings (SSSR count). The Hall–Kier alpha value is -1.38. The summed E-state index contributed by atoms with van der Waals surface area (Å²) in [6.45, 7) is 3.85. The molecule has 0 aliphatic heterocycles. The van der Waals surface area contributed by atoms with Crippen LogP contribution in [0.5, 0.6) is 0 Å². The molecule has 1 aliphatic rings. The quantitative estimate of drug-likeness (QED) is 0.929. The Bertz CT molecular complexity index is 647. The van der Waals surface area contributed by atoms with Gasteiger partial charge in [-0.2, -0.15) is 5.26 Å². The summed E-state index contributed by atoms with van der Waals surface area (Å²) in [5, 5.41) is 8.87. The topological polar surface area (TPSA) is 70.0 Å². The maximum Gasteiger partial charge on any atom is 0.241 e. The van der Waals surface area contributed by atoms with Gasteiger partial charge in [-0.05, 0) is 49.4 Å². The Morgan fingerprint density at radius 3 is 2.67 bits per heavy atom. The molecule has 2 atom stereocenters. The summed E-state index contributed by atoms with van der Waals surface area (Å²) in [6, 6.07) is 6.76. The molecule has 0 amide bonds. The van der Waals surface area contributed by atoms with Gasteiger partial charge in [0.05, 0.1) is 16.5 Å². The lowest BCUT2D eigenvalue weighted by molar-refractivity contribution is 0.282. The van der Waals surface area contributed by atoms with Crippen LogP contribution >= 0.6 is 0 Å². The second-order valence-electron chi connectivity index (χ2n) is 5.77. The molecule has 1 N–H and O–H groups in total. The number of hydrogen-bond donors (Lipinski definition) is 1. The van der Waals surface area contributed by atoms with Crippen LogP contribution in [-0.4, -0.2) is 14.5 Å². The number of benzene rings is 1. The lowest BCUT2D eigenvalue weighted by atomic mass is 9.83. The molecule has 0 aromatic heterocycles. The van der Waals surface area contributed by atoms with E-state index in [1.165, 1.54) is 12.5 Å². The van der Waals surface area contributed by atoms with E-state index in [-0.39, 0.29) is 10.9 Å². The summed E-state index contributed by atoms with van der Waals surface area (Å²) in [6.07, 6.45) is 5.27. The minimum atomic E-state index is -3.52. The maximum atomic E-state index is 12.6. The third-order valence-electron chi connectivity index (χ3n) is 4.33. The predicted molar refractivity (Wildman–Crippen MR) is 82.3 cm³/mol. The Labute approximate surface area is 127 Å². The molecular formula is C16H22N2O2S. The molecule has 1 saturated carbocycles. The molecule has 1 aromatic rings. The number of hydrogen-bond acceptors (Lipinski definition) is 3. The molecule has 1 aromatic carbocycles. The number of nitrogens with zero attached hydrogens (tertiary/aromatic N) is 1. The van der Waals surface area contributed by atoms with Crippen molar-refractivity contribution < 1.29 is 8.42 Å². The zero-order valence-electron chi connectivity index (χ0n) is 12.6. The maximum absolute atomic E-state index is 12.6. The highest BCUT2D eigenvalue weighted by molar-refractivity contribution is 7.89. The fourth-order valence-corrected chi connectivity index (χ4v) is 4.70. The molecule has 0 heterocycles. The standard InChI is InChI=1S/C16H22N2O2S/c1-3-14-6-4-5-7-15(14)18-21(19,20)16-9-8-13(11-17)10-12(16)2/h8-10,14-15,18H,3-7H2,1-2H3. The van der Waals surface area contributed by atoms with E-state index in [0.29, 0.717) is 17.0 Å². The van der Waals surface area contributed by atoms with Crippen LogP contribution in [0.4, 0.5) is 0 Å². The van der Waals surface area contributed by atoms with Crippen LogP contribution in [0.25, 0.3) is 0 Å². The summed E-state index contributed by atoms with van der Waals surface area (Å²) in [4.78, 5) is 0.280. The van der Waals surface area contributed by atoms with Crippen molar-refractivity contribution in [1.29, 1.82) is 5.26 Å². The molecule has 1 aliphatic carbocycles. The van der Waals surface area contributed by atoms with E-state index >= 15 is 0 Å². The lowest BCUT2D eigenvalue weighted by Crippen LogP contribution is -2.42. The molecular weight excluding hydrogens is 284 g/mol. The van der Waals surface area contributed by atoms with Gasteiger partial charge >= 0.3 is 0 Å². The highest BCUT2D eigenvalue weighted by atomic mass is 32.2. The van der Waals surface area contributed by atoms with Crippen molar-refractivity contribution in [2.45, 2.75) is 56.9 Å². The van der Waals surface area contributed by atoms with Crippen molar-refractivity contribution in [1.82, 2.24) is 4.72 Å². The lowest BCUT2D eigenvalue weighted by Gasteiger charge is -2.31. The van der Waals surface area contributed by atoms with Crippen molar-refractivity contribution in [3.05, 3.63) is 29.3 Å². The van der Waals surface area contributed by atoms with Gasteiger partial charge in [-0.15, -0.1) is 0 Å². The first-order chi connectivity index (χ1) is 9.97. The number of nitriles is 1. The molecule has 21 heavy (non-hydrogen) atoms. The van der Waals surface area contributed by atoms with Gasteiger partial charge in [0, 0.05) is 6.04 Å². The summed E-state index contributed by atoms with van der Waals surface area (Å²) in [5.74, 6) is 0.423. The van der Waals surface area contributed by atoms with Crippen LogP contribution < -0.4 is 4.72 Å². The molecule has 2 unspecified atom stereocenters. The van der Waals surface area contributed by atoms with Crippen molar-refractivity contribution >= 4 is 10.0 Å². The Morgan fingerprint density at radius 2 is 2.05 bits per heavy atom. The highest BCUT2D eigenvalue weighted by Crippen LogP contribution is 2.28. The van der Waals surface area contributed by atoms with Crippen molar-refractivity contribution in [2.24, 2.45) is 5.92 Å². The zero-order valence-corrected chi connectivity index (χ0v) is 13.4. The molecule has 0 bridgehead atoms. The normalized spacial score (nSPS) is 22.7.